The van der Waals surface area contributed by atoms with Crippen LogP contribution in [0, 0.1) is 0 Å². The van der Waals surface area contributed by atoms with Crippen molar-refractivity contribution in [3.63, 3.8) is 0 Å². The number of rotatable bonds is 4. The Kier molecular flexibility index (Phi) is 4.39. The molecule has 0 spiro atoms. The van der Waals surface area contributed by atoms with Crippen LogP contribution in [-0.4, -0.2) is 14.2 Å². The molecule has 0 N–H and O–H groups in total. The molecule has 0 saturated heterocycles. The predicted molar refractivity (Wildman–Crippen MR) is 93.7 cm³/mol. The second kappa shape index (κ2) is 6.46. The fourth-order valence-electron chi connectivity index (χ4n) is 2.49. The van der Waals surface area contributed by atoms with Crippen LogP contribution in [0.5, 0.6) is 11.5 Å². The summed E-state index contributed by atoms with van der Waals surface area (Å²) in [4.78, 5) is 12.9. The summed E-state index contributed by atoms with van der Waals surface area (Å²) < 4.78 is 16.3. The molecule has 0 fully saturated rings. The molecule has 0 aliphatic carbocycles. The second-order valence-corrected chi connectivity index (χ2v) is 5.51. The van der Waals surface area contributed by atoms with Crippen molar-refractivity contribution in [2.45, 2.75) is 5.33 Å². The molecule has 23 heavy (non-hydrogen) atoms. The quantitative estimate of drug-likeness (QED) is 0.636. The third-order valence-corrected chi connectivity index (χ3v) is 4.18. The van der Waals surface area contributed by atoms with Gasteiger partial charge in [-0.15, -0.1) is 0 Å². The van der Waals surface area contributed by atoms with Crippen LogP contribution in [-0.2, 0) is 5.33 Å². The predicted octanol–water partition coefficient (Wildman–Crippen LogP) is 4.37. The highest BCUT2D eigenvalue weighted by molar-refractivity contribution is 9.08. The Morgan fingerprint density at radius 2 is 1.65 bits per heavy atom. The van der Waals surface area contributed by atoms with Crippen molar-refractivity contribution < 1.29 is 13.9 Å². The Morgan fingerprint density at radius 1 is 1.00 bits per heavy atom. The molecular weight excluding hydrogens is 360 g/mol. The Hall–Kier alpha value is -2.27. The molecule has 3 aromatic rings. The van der Waals surface area contributed by atoms with Gasteiger partial charge in [0.2, 0.25) is 5.43 Å². The summed E-state index contributed by atoms with van der Waals surface area (Å²) in [5.74, 6) is 1.98. The van der Waals surface area contributed by atoms with Gasteiger partial charge in [-0.2, -0.15) is 0 Å². The normalized spacial score (nSPS) is 10.7. The Labute approximate surface area is 141 Å². The molecule has 118 valence electrons. The maximum atomic E-state index is 12.9. The van der Waals surface area contributed by atoms with E-state index >= 15 is 0 Å². The average molecular weight is 375 g/mol. The first-order chi connectivity index (χ1) is 11.2. The van der Waals surface area contributed by atoms with Crippen molar-refractivity contribution >= 4 is 26.9 Å². The van der Waals surface area contributed by atoms with Crippen LogP contribution in [0.2, 0.25) is 0 Å². The van der Waals surface area contributed by atoms with Gasteiger partial charge < -0.3 is 13.9 Å². The highest BCUT2D eigenvalue weighted by Crippen LogP contribution is 2.29. The maximum Gasteiger partial charge on any atom is 0.200 e. The molecular formula is C18H15BrO4. The van der Waals surface area contributed by atoms with Crippen molar-refractivity contribution in [2.24, 2.45) is 0 Å². The van der Waals surface area contributed by atoms with E-state index < -0.39 is 0 Å². The number of fused-ring (bicyclic) bond motifs is 1. The zero-order valence-corrected chi connectivity index (χ0v) is 14.3. The summed E-state index contributed by atoms with van der Waals surface area (Å²) in [6, 6.07) is 12.6. The number of ether oxygens (including phenoxy) is 2. The van der Waals surface area contributed by atoms with Crippen LogP contribution in [0.15, 0.2) is 51.7 Å². The minimum absolute atomic E-state index is 0.0616. The van der Waals surface area contributed by atoms with Crippen molar-refractivity contribution in [2.75, 3.05) is 14.2 Å². The molecule has 0 saturated carbocycles. The topological polar surface area (TPSA) is 48.7 Å². The van der Waals surface area contributed by atoms with Gasteiger partial charge in [-0.05, 0) is 29.8 Å². The minimum atomic E-state index is -0.0616. The Balaban J connectivity index is 2.26. The van der Waals surface area contributed by atoms with Crippen molar-refractivity contribution in [3.8, 4) is 22.6 Å². The number of methoxy groups -OCH3 is 2. The van der Waals surface area contributed by atoms with Gasteiger partial charge in [0.05, 0.1) is 30.5 Å². The van der Waals surface area contributed by atoms with Gasteiger partial charge in [0.25, 0.3) is 0 Å². The van der Waals surface area contributed by atoms with Crippen LogP contribution < -0.4 is 14.9 Å². The first-order valence-electron chi connectivity index (χ1n) is 7.02. The van der Waals surface area contributed by atoms with Gasteiger partial charge in [-0.3, -0.25) is 4.79 Å². The lowest BCUT2D eigenvalue weighted by Crippen LogP contribution is -2.08. The van der Waals surface area contributed by atoms with E-state index in [4.69, 9.17) is 13.9 Å². The first-order valence-corrected chi connectivity index (χ1v) is 8.14. The minimum Gasteiger partial charge on any atom is -0.497 e. The average Bonchev–Trinajstić information content (AvgIpc) is 2.61. The third-order valence-electron chi connectivity index (χ3n) is 3.67. The second-order valence-electron chi connectivity index (χ2n) is 4.95. The molecule has 1 heterocycles. The lowest BCUT2D eigenvalue weighted by molar-refractivity contribution is 0.414. The zero-order chi connectivity index (χ0) is 16.4. The van der Waals surface area contributed by atoms with E-state index in [-0.39, 0.29) is 5.43 Å². The van der Waals surface area contributed by atoms with Crippen molar-refractivity contribution in [1.29, 1.82) is 0 Å². The van der Waals surface area contributed by atoms with E-state index in [1.54, 1.807) is 32.4 Å². The molecule has 2 aromatic carbocycles. The Bertz CT molecular complexity index is 897. The van der Waals surface area contributed by atoms with Crippen LogP contribution in [0.3, 0.4) is 0 Å². The van der Waals surface area contributed by atoms with E-state index in [9.17, 15) is 4.79 Å². The Morgan fingerprint density at radius 3 is 2.26 bits per heavy atom. The SMILES string of the molecule is COc1ccc(-c2c(CBr)oc3cc(OC)ccc3c2=O)cc1. The summed E-state index contributed by atoms with van der Waals surface area (Å²) >= 11 is 3.40. The summed E-state index contributed by atoms with van der Waals surface area (Å²) in [5.41, 5.74) is 1.81. The van der Waals surface area contributed by atoms with Gasteiger partial charge in [-0.25, -0.2) is 0 Å². The molecule has 1 aromatic heterocycles. The van der Waals surface area contributed by atoms with Crippen LogP contribution in [0.4, 0.5) is 0 Å². The van der Waals surface area contributed by atoms with E-state index in [1.165, 1.54) is 0 Å². The summed E-state index contributed by atoms with van der Waals surface area (Å²) in [7, 11) is 3.19. The monoisotopic (exact) mass is 374 g/mol. The molecule has 0 radical (unpaired) electrons. The lowest BCUT2D eigenvalue weighted by Gasteiger charge is -2.10. The van der Waals surface area contributed by atoms with Gasteiger partial charge in [0.1, 0.15) is 22.8 Å². The van der Waals surface area contributed by atoms with Gasteiger partial charge in [0, 0.05) is 6.07 Å². The van der Waals surface area contributed by atoms with E-state index in [0.29, 0.717) is 33.4 Å². The van der Waals surface area contributed by atoms with Crippen LogP contribution in [0.25, 0.3) is 22.1 Å². The fraction of sp³-hybridized carbons (Fsp3) is 0.167. The summed E-state index contributed by atoms with van der Waals surface area (Å²) in [6.45, 7) is 0. The molecule has 3 rings (SSSR count). The smallest absolute Gasteiger partial charge is 0.200 e. The van der Waals surface area contributed by atoms with E-state index in [2.05, 4.69) is 15.9 Å². The molecule has 4 nitrogen and oxygen atoms in total. The number of benzene rings is 2. The number of hydrogen-bond acceptors (Lipinski definition) is 4. The number of halogens is 1. The van der Waals surface area contributed by atoms with Gasteiger partial charge >= 0.3 is 0 Å². The standard InChI is InChI=1S/C18H15BrO4/c1-21-12-5-3-11(4-6-12)17-16(10-19)23-15-9-13(22-2)7-8-14(15)18(17)20/h3-9H,10H2,1-2H3. The molecule has 0 unspecified atom stereocenters. The highest BCUT2D eigenvalue weighted by Gasteiger charge is 2.16. The molecule has 0 amide bonds. The number of hydrogen-bond donors (Lipinski definition) is 0. The zero-order valence-electron chi connectivity index (χ0n) is 12.8. The highest BCUT2D eigenvalue weighted by atomic mass is 79.9. The fourth-order valence-corrected chi connectivity index (χ4v) is 2.89. The number of alkyl halides is 1. The van der Waals surface area contributed by atoms with Crippen LogP contribution in [0.1, 0.15) is 5.76 Å². The summed E-state index contributed by atoms with van der Waals surface area (Å²) in [5, 5.41) is 0.970. The van der Waals surface area contributed by atoms with Crippen molar-refractivity contribution in [3.05, 3.63) is 58.4 Å². The van der Waals surface area contributed by atoms with E-state index in [1.807, 2.05) is 24.3 Å². The van der Waals surface area contributed by atoms with Crippen molar-refractivity contribution in [1.82, 2.24) is 0 Å². The molecule has 0 aliphatic heterocycles. The lowest BCUT2D eigenvalue weighted by atomic mass is 10.0. The summed E-state index contributed by atoms with van der Waals surface area (Å²) in [6.07, 6.45) is 0. The third kappa shape index (κ3) is 2.84. The molecule has 0 atom stereocenters. The first kappa shape index (κ1) is 15.6. The maximum absolute atomic E-state index is 12.9. The molecule has 0 aliphatic rings. The molecule has 0 bridgehead atoms. The molecule has 5 heteroatoms. The van der Waals surface area contributed by atoms with Gasteiger partial charge in [-0.1, -0.05) is 28.1 Å². The van der Waals surface area contributed by atoms with E-state index in [0.717, 1.165) is 11.3 Å². The van der Waals surface area contributed by atoms with Crippen LogP contribution >= 0.6 is 15.9 Å². The van der Waals surface area contributed by atoms with Gasteiger partial charge in [0.15, 0.2) is 0 Å². The largest absolute Gasteiger partial charge is 0.497 e.